The average molecular weight is 397 g/mol. The number of carboxylic acid groups (broad SMARTS) is 1. The molecule has 0 bridgehead atoms. The zero-order valence-corrected chi connectivity index (χ0v) is 16.6. The van der Waals surface area contributed by atoms with Gasteiger partial charge in [-0.05, 0) is 32.0 Å². The van der Waals surface area contributed by atoms with E-state index in [1.165, 1.54) is 6.20 Å². The quantitative estimate of drug-likeness (QED) is 0.703. The maximum Gasteiger partial charge on any atom is 0.337 e. The van der Waals surface area contributed by atoms with E-state index in [4.69, 9.17) is 4.98 Å². The average Bonchev–Trinajstić information content (AvgIpc) is 3.10. The normalized spacial score (nSPS) is 19.6. The molecule has 29 heavy (non-hydrogen) atoms. The molecule has 3 aromatic rings. The lowest BCUT2D eigenvalue weighted by Gasteiger charge is -2.44. The Kier molecular flexibility index (Phi) is 4.70. The zero-order valence-electron chi connectivity index (χ0n) is 16.6. The topological polar surface area (TPSA) is 102 Å². The number of carbonyl (C=O) groups excluding carboxylic acids is 1. The lowest BCUT2D eigenvalue weighted by atomic mass is 10.1. The van der Waals surface area contributed by atoms with Crippen LogP contribution in [0.4, 0.5) is 5.82 Å². The Labute approximate surface area is 171 Å². The summed E-state index contributed by atoms with van der Waals surface area (Å²) in [4.78, 5) is 39.4. The van der Waals surface area contributed by atoms with Crippen molar-refractivity contribution in [3.8, 4) is 11.3 Å². The van der Waals surface area contributed by atoms with E-state index in [0.717, 1.165) is 22.5 Å². The molecule has 0 unspecified atom stereocenters. The summed E-state index contributed by atoms with van der Waals surface area (Å²) in [6.45, 7) is 7.12. The first kappa shape index (κ1) is 18.9. The van der Waals surface area contributed by atoms with E-state index in [-0.39, 0.29) is 26.4 Å². The molecule has 0 aliphatic carbocycles. The number of fused-ring (bicyclic) bond motifs is 1. The lowest BCUT2D eigenvalue weighted by molar-refractivity contribution is -0.133. The molecule has 0 spiro atoms. The summed E-state index contributed by atoms with van der Waals surface area (Å²) in [7, 11) is 0. The van der Waals surface area contributed by atoms with Gasteiger partial charge >= 0.3 is 5.97 Å². The summed E-state index contributed by atoms with van der Waals surface area (Å²) in [5.41, 5.74) is 2.31. The van der Waals surface area contributed by atoms with Crippen molar-refractivity contribution >= 4 is 28.7 Å². The highest BCUT2D eigenvalue weighted by molar-refractivity contribution is 5.98. The Morgan fingerprint density at radius 3 is 2.62 bits per heavy atom. The number of nitrogens with zero attached hydrogens (tertiary/aromatic N) is 4. The first-order chi connectivity index (χ1) is 13.8. The van der Waals surface area contributed by atoms with Crippen LogP contribution in [0.15, 0.2) is 36.7 Å². The molecule has 1 saturated heterocycles. The predicted octanol–water partition coefficient (Wildman–Crippen LogP) is 3.26. The number of aromatic amines is 1. The Bertz CT molecular complexity index is 1090. The monoisotopic (exact) mass is 397 g/mol. The van der Waals surface area contributed by atoms with Gasteiger partial charge in [-0.2, -0.15) is 0 Å². The number of aromatic carboxylic acids is 1. The van der Waals surface area contributed by atoms with E-state index in [2.05, 4.69) is 14.9 Å². The van der Waals surface area contributed by atoms with Crippen molar-refractivity contribution in [3.63, 3.8) is 0 Å². The van der Waals surface area contributed by atoms with Crippen LogP contribution in [0.1, 0.15) is 34.0 Å². The SMILES string of the molecule is CC(=O)N1[C@H](C)CN(c2cccc(-c3c[nH]c4ncc(C(=O)O)cc34)n2)C[C@@H]1C.[HH].[HH]. The smallest absolute Gasteiger partial charge is 0.337 e. The van der Waals surface area contributed by atoms with E-state index in [9.17, 15) is 14.7 Å². The minimum atomic E-state index is -1.01. The number of hydrogen-bond acceptors (Lipinski definition) is 5. The number of pyridine rings is 2. The fourth-order valence-electron chi connectivity index (χ4n) is 4.21. The maximum absolute atomic E-state index is 11.9. The Balaban J connectivity index is 0.00000171. The number of carbonyl (C=O) groups is 2. The van der Waals surface area contributed by atoms with Crippen molar-refractivity contribution in [2.45, 2.75) is 32.9 Å². The van der Waals surface area contributed by atoms with Crippen molar-refractivity contribution in [2.75, 3.05) is 18.0 Å². The number of H-pyrrole nitrogens is 1. The number of hydrogen-bond donors (Lipinski definition) is 2. The van der Waals surface area contributed by atoms with E-state index in [1.807, 2.05) is 36.9 Å². The van der Waals surface area contributed by atoms with Crippen LogP contribution < -0.4 is 4.90 Å². The molecule has 8 nitrogen and oxygen atoms in total. The second-order valence-electron chi connectivity index (χ2n) is 7.54. The predicted molar refractivity (Wildman–Crippen MR) is 114 cm³/mol. The fraction of sp³-hybridized carbons (Fsp3) is 0.333. The van der Waals surface area contributed by atoms with Gasteiger partial charge in [0.25, 0.3) is 0 Å². The third-order valence-corrected chi connectivity index (χ3v) is 5.39. The molecule has 2 atom stereocenters. The number of rotatable bonds is 3. The van der Waals surface area contributed by atoms with Crippen molar-refractivity contribution in [3.05, 3.63) is 42.2 Å². The van der Waals surface area contributed by atoms with E-state index in [1.54, 1.807) is 19.2 Å². The lowest BCUT2D eigenvalue weighted by Crippen LogP contribution is -2.58. The molecular formula is C21H27N5O3. The first-order valence-corrected chi connectivity index (χ1v) is 9.57. The highest BCUT2D eigenvalue weighted by Gasteiger charge is 2.31. The van der Waals surface area contributed by atoms with Gasteiger partial charge in [0.1, 0.15) is 11.5 Å². The highest BCUT2D eigenvalue weighted by atomic mass is 16.4. The Morgan fingerprint density at radius 2 is 1.97 bits per heavy atom. The minimum Gasteiger partial charge on any atom is -0.478 e. The van der Waals surface area contributed by atoms with Gasteiger partial charge in [0.15, 0.2) is 0 Å². The number of piperazine rings is 1. The van der Waals surface area contributed by atoms with Crippen molar-refractivity contribution < 1.29 is 17.5 Å². The van der Waals surface area contributed by atoms with Crippen LogP contribution in [0, 0.1) is 0 Å². The molecule has 0 radical (unpaired) electrons. The van der Waals surface area contributed by atoms with Gasteiger partial charge in [0.2, 0.25) is 5.91 Å². The molecule has 4 rings (SSSR count). The van der Waals surface area contributed by atoms with Crippen LogP contribution in [0.25, 0.3) is 22.3 Å². The number of nitrogens with one attached hydrogen (secondary N) is 1. The standard InChI is InChI=1S/C21H23N5O3.2H2/c1-12-10-25(11-13(2)26(12)14(3)27)19-6-4-5-18(24-19)17-9-23-20-16(17)7-15(8-22-20)21(28)29;;/h4-9,12-13H,10-11H2,1-3H3,(H,22,23)(H,28,29);2*1H/t12-,13+;;. The summed E-state index contributed by atoms with van der Waals surface area (Å²) in [5.74, 6) is -0.0902. The van der Waals surface area contributed by atoms with Crippen LogP contribution in [0.3, 0.4) is 0 Å². The largest absolute Gasteiger partial charge is 0.478 e. The van der Waals surface area contributed by atoms with Gasteiger partial charge in [-0.3, -0.25) is 4.79 Å². The maximum atomic E-state index is 11.9. The van der Waals surface area contributed by atoms with Crippen LogP contribution in [0.5, 0.6) is 0 Å². The third-order valence-electron chi connectivity index (χ3n) is 5.39. The summed E-state index contributed by atoms with van der Waals surface area (Å²) in [5, 5.41) is 9.99. The van der Waals surface area contributed by atoms with Crippen LogP contribution in [-0.2, 0) is 4.79 Å². The summed E-state index contributed by atoms with van der Waals surface area (Å²) in [6, 6.07) is 7.60. The van der Waals surface area contributed by atoms with Gasteiger partial charge in [-0.25, -0.2) is 14.8 Å². The van der Waals surface area contributed by atoms with E-state index < -0.39 is 5.97 Å². The van der Waals surface area contributed by atoms with Gasteiger partial charge < -0.3 is 19.9 Å². The number of amides is 1. The third kappa shape index (κ3) is 3.41. The number of anilines is 1. The van der Waals surface area contributed by atoms with Gasteiger partial charge in [0.05, 0.1) is 11.3 Å². The summed E-state index contributed by atoms with van der Waals surface area (Å²) in [6.07, 6.45) is 3.14. The van der Waals surface area contributed by atoms with Crippen molar-refractivity contribution in [2.24, 2.45) is 0 Å². The molecule has 0 aromatic carbocycles. The number of aromatic nitrogens is 3. The van der Waals surface area contributed by atoms with Gasteiger partial charge in [-0.15, -0.1) is 0 Å². The molecular weight excluding hydrogens is 370 g/mol. The minimum absolute atomic E-state index is 0. The molecule has 1 aliphatic rings. The van der Waals surface area contributed by atoms with E-state index >= 15 is 0 Å². The first-order valence-electron chi connectivity index (χ1n) is 9.57. The molecule has 4 heterocycles. The second kappa shape index (κ2) is 7.20. The molecule has 1 aliphatic heterocycles. The van der Waals surface area contributed by atoms with Gasteiger partial charge in [0, 0.05) is 58.3 Å². The number of carboxylic acids is 1. The molecule has 8 heteroatoms. The molecule has 3 aromatic heterocycles. The zero-order chi connectivity index (χ0) is 20.7. The van der Waals surface area contributed by atoms with E-state index in [0.29, 0.717) is 18.7 Å². The highest BCUT2D eigenvalue weighted by Crippen LogP contribution is 2.29. The molecule has 1 amide bonds. The Hall–Kier alpha value is -3.42. The summed E-state index contributed by atoms with van der Waals surface area (Å²) < 4.78 is 0. The molecule has 0 saturated carbocycles. The molecule has 1 fully saturated rings. The molecule has 2 N–H and O–H groups in total. The molecule has 154 valence electrons. The van der Waals surface area contributed by atoms with Gasteiger partial charge in [-0.1, -0.05) is 6.07 Å². The van der Waals surface area contributed by atoms with Crippen LogP contribution in [-0.4, -0.2) is 62.0 Å². The summed E-state index contributed by atoms with van der Waals surface area (Å²) >= 11 is 0. The van der Waals surface area contributed by atoms with Crippen LogP contribution >= 0.6 is 0 Å². The van der Waals surface area contributed by atoms with Crippen molar-refractivity contribution in [1.29, 1.82) is 0 Å². The second-order valence-corrected chi connectivity index (χ2v) is 7.54. The fourth-order valence-corrected chi connectivity index (χ4v) is 4.21. The Morgan fingerprint density at radius 1 is 1.24 bits per heavy atom. The van der Waals surface area contributed by atoms with Crippen LogP contribution in [0.2, 0.25) is 0 Å². The van der Waals surface area contributed by atoms with Crippen molar-refractivity contribution in [1.82, 2.24) is 19.9 Å².